The summed E-state index contributed by atoms with van der Waals surface area (Å²) >= 11 is 1.23. The number of ether oxygens (including phenoxy) is 1. The predicted molar refractivity (Wildman–Crippen MR) is 129 cm³/mol. The SMILES string of the molecule is CC(=Nn1c(-c2ccc3c(c2)NC(=O)CO3)csc1=Nc1ccc(F)cc1F)c1ccc(O)cc1. The van der Waals surface area contributed by atoms with Gasteiger partial charge < -0.3 is 15.2 Å². The molecule has 0 radical (unpaired) electrons. The summed E-state index contributed by atoms with van der Waals surface area (Å²) in [6.45, 7) is 1.75. The minimum Gasteiger partial charge on any atom is -0.508 e. The second-order valence-corrected chi connectivity index (χ2v) is 8.54. The molecule has 0 unspecified atom stereocenters. The normalized spacial score (nSPS) is 13.9. The van der Waals surface area contributed by atoms with E-state index in [-0.39, 0.29) is 24.0 Å². The summed E-state index contributed by atoms with van der Waals surface area (Å²) in [5, 5.41) is 18.9. The topological polar surface area (TPSA) is 88.2 Å². The summed E-state index contributed by atoms with van der Waals surface area (Å²) in [7, 11) is 0. The number of hydrogen-bond donors (Lipinski definition) is 2. The molecule has 3 aromatic carbocycles. The molecule has 1 amide bonds. The van der Waals surface area contributed by atoms with Crippen molar-refractivity contribution in [2.24, 2.45) is 10.1 Å². The number of aromatic nitrogens is 1. The number of rotatable bonds is 4. The number of hydrogen-bond acceptors (Lipinski definition) is 6. The van der Waals surface area contributed by atoms with Gasteiger partial charge in [-0.2, -0.15) is 5.10 Å². The number of amides is 1. The van der Waals surface area contributed by atoms with Crippen molar-refractivity contribution < 1.29 is 23.4 Å². The number of phenols is 1. The number of halogens is 2. The van der Waals surface area contributed by atoms with Crippen molar-refractivity contribution in [3.63, 3.8) is 0 Å². The highest BCUT2D eigenvalue weighted by molar-refractivity contribution is 7.07. The molecule has 0 bridgehead atoms. The Bertz CT molecular complexity index is 1540. The highest BCUT2D eigenvalue weighted by atomic mass is 32.1. The number of thiazole rings is 1. The van der Waals surface area contributed by atoms with Crippen molar-refractivity contribution in [2.45, 2.75) is 6.92 Å². The van der Waals surface area contributed by atoms with Gasteiger partial charge in [-0.3, -0.25) is 4.79 Å². The minimum atomic E-state index is -0.792. The molecule has 4 aromatic rings. The van der Waals surface area contributed by atoms with E-state index in [4.69, 9.17) is 9.84 Å². The number of nitrogens with one attached hydrogen (secondary N) is 1. The monoisotopic (exact) mass is 492 g/mol. The number of fused-ring (bicyclic) bond motifs is 1. The fourth-order valence-corrected chi connectivity index (χ4v) is 4.34. The Morgan fingerprint density at radius 1 is 1.11 bits per heavy atom. The molecule has 176 valence electrons. The Hall–Kier alpha value is -4.31. The molecule has 0 saturated heterocycles. The van der Waals surface area contributed by atoms with Crippen LogP contribution in [0, 0.1) is 11.6 Å². The third kappa shape index (κ3) is 4.69. The molecule has 0 fully saturated rings. The lowest BCUT2D eigenvalue weighted by Crippen LogP contribution is -2.25. The van der Waals surface area contributed by atoms with Crippen LogP contribution in [0.1, 0.15) is 12.5 Å². The molecule has 0 spiro atoms. The first-order valence-electron chi connectivity index (χ1n) is 10.5. The molecule has 0 saturated carbocycles. The average molecular weight is 493 g/mol. The molecule has 2 heterocycles. The average Bonchev–Trinajstić information content (AvgIpc) is 3.22. The van der Waals surface area contributed by atoms with Gasteiger partial charge in [-0.25, -0.2) is 18.4 Å². The number of benzene rings is 3. The van der Waals surface area contributed by atoms with Gasteiger partial charge in [0.25, 0.3) is 5.91 Å². The number of anilines is 1. The second kappa shape index (κ2) is 9.15. The highest BCUT2D eigenvalue weighted by Gasteiger charge is 2.18. The fourth-order valence-electron chi connectivity index (χ4n) is 3.50. The van der Waals surface area contributed by atoms with Gasteiger partial charge in [0, 0.05) is 17.0 Å². The van der Waals surface area contributed by atoms with E-state index < -0.39 is 11.6 Å². The van der Waals surface area contributed by atoms with Crippen LogP contribution in [0.25, 0.3) is 11.3 Å². The number of nitrogens with zero attached hydrogens (tertiary/aromatic N) is 3. The van der Waals surface area contributed by atoms with E-state index in [9.17, 15) is 18.7 Å². The van der Waals surface area contributed by atoms with Gasteiger partial charge in [0.1, 0.15) is 23.0 Å². The van der Waals surface area contributed by atoms with E-state index in [1.165, 1.54) is 17.4 Å². The zero-order valence-electron chi connectivity index (χ0n) is 18.3. The molecule has 1 aliphatic heterocycles. The van der Waals surface area contributed by atoms with Crippen molar-refractivity contribution in [3.05, 3.63) is 88.0 Å². The van der Waals surface area contributed by atoms with Gasteiger partial charge in [-0.05, 0) is 67.1 Å². The van der Waals surface area contributed by atoms with E-state index in [2.05, 4.69) is 10.3 Å². The van der Waals surface area contributed by atoms with E-state index in [0.29, 0.717) is 33.2 Å². The van der Waals surface area contributed by atoms with E-state index in [1.807, 2.05) is 6.07 Å². The van der Waals surface area contributed by atoms with Crippen LogP contribution in [0.5, 0.6) is 11.5 Å². The Balaban J connectivity index is 1.67. The molecule has 5 rings (SSSR count). The molecule has 0 aliphatic carbocycles. The van der Waals surface area contributed by atoms with Crippen molar-refractivity contribution in [1.82, 2.24) is 4.68 Å². The van der Waals surface area contributed by atoms with E-state index >= 15 is 0 Å². The van der Waals surface area contributed by atoms with Crippen molar-refractivity contribution >= 4 is 34.3 Å². The first-order chi connectivity index (χ1) is 16.9. The molecule has 35 heavy (non-hydrogen) atoms. The number of carbonyl (C=O) groups is 1. The maximum Gasteiger partial charge on any atom is 0.262 e. The maximum absolute atomic E-state index is 14.3. The van der Waals surface area contributed by atoms with Crippen LogP contribution in [0.2, 0.25) is 0 Å². The molecule has 1 aromatic heterocycles. The number of aromatic hydroxyl groups is 1. The van der Waals surface area contributed by atoms with Crippen molar-refractivity contribution in [3.8, 4) is 22.8 Å². The zero-order valence-corrected chi connectivity index (χ0v) is 19.1. The highest BCUT2D eigenvalue weighted by Crippen LogP contribution is 2.33. The minimum absolute atomic E-state index is 0.0304. The summed E-state index contributed by atoms with van der Waals surface area (Å²) in [5.74, 6) is -1.06. The van der Waals surface area contributed by atoms with Crippen LogP contribution >= 0.6 is 11.3 Å². The van der Waals surface area contributed by atoms with E-state index in [0.717, 1.165) is 17.7 Å². The standard InChI is InChI=1S/C25H18F2N4O3S/c1-14(15-2-6-18(32)7-3-15)30-31-22(16-4-9-23-21(10-16)28-24(33)12-34-23)13-35-25(31)29-20-8-5-17(26)11-19(20)27/h2-11,13,32H,12H2,1H3,(H,28,33). The quantitative estimate of drug-likeness (QED) is 0.392. The summed E-state index contributed by atoms with van der Waals surface area (Å²) in [5.41, 5.74) is 3.22. The summed E-state index contributed by atoms with van der Waals surface area (Å²) < 4.78 is 34.7. The molecule has 0 atom stereocenters. The van der Waals surface area contributed by atoms with Crippen LogP contribution in [0.3, 0.4) is 0 Å². The van der Waals surface area contributed by atoms with Gasteiger partial charge in [0.15, 0.2) is 12.4 Å². The third-order valence-corrected chi connectivity index (χ3v) is 6.07. The van der Waals surface area contributed by atoms with Crippen molar-refractivity contribution in [1.29, 1.82) is 0 Å². The fraction of sp³-hybridized carbons (Fsp3) is 0.0800. The van der Waals surface area contributed by atoms with Crippen LogP contribution in [0.15, 0.2) is 76.1 Å². The van der Waals surface area contributed by atoms with Gasteiger partial charge in [-0.1, -0.05) is 0 Å². The Morgan fingerprint density at radius 3 is 2.69 bits per heavy atom. The van der Waals surface area contributed by atoms with Crippen LogP contribution in [-0.4, -0.2) is 28.0 Å². The van der Waals surface area contributed by atoms with Crippen molar-refractivity contribution in [2.75, 3.05) is 11.9 Å². The van der Waals surface area contributed by atoms with Crippen LogP contribution in [0.4, 0.5) is 20.2 Å². The van der Waals surface area contributed by atoms with Gasteiger partial charge in [0.05, 0.1) is 17.1 Å². The number of phenolic OH excluding ortho intramolecular Hbond substituents is 1. The third-order valence-electron chi connectivity index (χ3n) is 5.25. The molecular formula is C25H18F2N4O3S. The summed E-state index contributed by atoms with van der Waals surface area (Å²) in [6.07, 6.45) is 0. The van der Waals surface area contributed by atoms with Gasteiger partial charge in [0.2, 0.25) is 4.80 Å². The molecule has 1 aliphatic rings. The zero-order chi connectivity index (χ0) is 24.5. The molecule has 10 heteroatoms. The first kappa shape index (κ1) is 22.5. The van der Waals surface area contributed by atoms with Crippen LogP contribution in [-0.2, 0) is 4.79 Å². The predicted octanol–water partition coefficient (Wildman–Crippen LogP) is 5.04. The Kier molecular flexibility index (Phi) is 5.87. The second-order valence-electron chi connectivity index (χ2n) is 7.70. The maximum atomic E-state index is 14.3. The Labute approximate surface area is 202 Å². The van der Waals surface area contributed by atoms with Gasteiger partial charge in [-0.15, -0.1) is 11.3 Å². The lowest BCUT2D eigenvalue weighted by atomic mass is 10.1. The molecular weight excluding hydrogens is 474 g/mol. The van der Waals surface area contributed by atoms with E-state index in [1.54, 1.807) is 53.4 Å². The molecule has 2 N–H and O–H groups in total. The Morgan fingerprint density at radius 2 is 1.91 bits per heavy atom. The first-order valence-corrected chi connectivity index (χ1v) is 11.4. The van der Waals surface area contributed by atoms with Crippen LogP contribution < -0.4 is 14.9 Å². The lowest BCUT2D eigenvalue weighted by molar-refractivity contribution is -0.118. The smallest absolute Gasteiger partial charge is 0.262 e. The summed E-state index contributed by atoms with van der Waals surface area (Å²) in [4.78, 5) is 16.5. The van der Waals surface area contributed by atoms with Gasteiger partial charge >= 0.3 is 0 Å². The largest absolute Gasteiger partial charge is 0.508 e. The number of carbonyl (C=O) groups excluding carboxylic acids is 1. The molecule has 7 nitrogen and oxygen atoms in total. The summed E-state index contributed by atoms with van der Waals surface area (Å²) in [6, 6.07) is 15.1. The lowest BCUT2D eigenvalue weighted by Gasteiger charge is -2.18.